The van der Waals surface area contributed by atoms with Crippen molar-refractivity contribution in [1.82, 2.24) is 0 Å². The summed E-state index contributed by atoms with van der Waals surface area (Å²) in [5, 5.41) is 0.331. The molecule has 0 saturated heterocycles. The molecule has 0 aliphatic carbocycles. The molecule has 0 rings (SSSR count). The molecule has 0 bridgehead atoms. The second-order valence-corrected chi connectivity index (χ2v) is 5.92. The van der Waals surface area contributed by atoms with E-state index in [9.17, 15) is 0 Å². The minimum atomic E-state index is 0.269. The van der Waals surface area contributed by atoms with Gasteiger partial charge < -0.3 is 0 Å². The molecule has 0 spiro atoms. The van der Waals surface area contributed by atoms with Gasteiger partial charge in [-0.1, -0.05) is 33.8 Å². The molecule has 0 aromatic rings. The molecule has 0 saturated carbocycles. The Labute approximate surface area is 67.3 Å². The van der Waals surface area contributed by atoms with Crippen LogP contribution in [0.3, 0.4) is 0 Å². The maximum absolute atomic E-state index is 3.81. The largest absolute Gasteiger partial charge is 0.132 e. The third-order valence-corrected chi connectivity index (χ3v) is 1.67. The SMILES string of the molecule is C=CC(C)(C)CC(C)(C)P. The van der Waals surface area contributed by atoms with Gasteiger partial charge in [-0.3, -0.25) is 0 Å². The lowest BCUT2D eigenvalue weighted by atomic mass is 9.84. The molecule has 10 heavy (non-hydrogen) atoms. The van der Waals surface area contributed by atoms with Crippen molar-refractivity contribution < 1.29 is 0 Å². The molecule has 0 aliphatic rings. The maximum atomic E-state index is 3.81. The van der Waals surface area contributed by atoms with Gasteiger partial charge in [0.25, 0.3) is 0 Å². The van der Waals surface area contributed by atoms with Gasteiger partial charge in [-0.2, -0.15) is 0 Å². The highest BCUT2D eigenvalue weighted by Gasteiger charge is 2.21. The molecule has 0 nitrogen and oxygen atoms in total. The zero-order chi connectivity index (χ0) is 8.41. The first-order chi connectivity index (χ1) is 4.27. The van der Waals surface area contributed by atoms with Crippen molar-refractivity contribution in [2.45, 2.75) is 39.3 Å². The Morgan fingerprint density at radius 3 is 1.80 bits per heavy atom. The smallest absolute Gasteiger partial charge is 0.0169 e. The summed E-state index contributed by atoms with van der Waals surface area (Å²) in [7, 11) is 2.86. The van der Waals surface area contributed by atoms with E-state index in [1.165, 1.54) is 0 Å². The monoisotopic (exact) mass is 158 g/mol. The van der Waals surface area contributed by atoms with E-state index in [-0.39, 0.29) is 5.41 Å². The van der Waals surface area contributed by atoms with Crippen molar-refractivity contribution >= 4 is 9.24 Å². The molecule has 0 aliphatic heterocycles. The normalized spacial score (nSPS) is 13.3. The van der Waals surface area contributed by atoms with Gasteiger partial charge in [0, 0.05) is 0 Å². The van der Waals surface area contributed by atoms with E-state index in [0.717, 1.165) is 6.42 Å². The van der Waals surface area contributed by atoms with Gasteiger partial charge >= 0.3 is 0 Å². The molecule has 0 aromatic heterocycles. The van der Waals surface area contributed by atoms with Crippen LogP contribution in [-0.2, 0) is 0 Å². The molecular formula is C9H19P. The van der Waals surface area contributed by atoms with Gasteiger partial charge in [-0.15, -0.1) is 15.8 Å². The second kappa shape index (κ2) is 3.05. The fourth-order valence-electron chi connectivity index (χ4n) is 1.25. The number of allylic oxidation sites excluding steroid dienone is 1. The highest BCUT2D eigenvalue weighted by molar-refractivity contribution is 7.18. The Morgan fingerprint density at radius 1 is 1.30 bits per heavy atom. The van der Waals surface area contributed by atoms with Crippen LogP contribution >= 0.6 is 9.24 Å². The van der Waals surface area contributed by atoms with Crippen LogP contribution in [0.4, 0.5) is 0 Å². The zero-order valence-electron chi connectivity index (χ0n) is 7.57. The summed E-state index contributed by atoms with van der Waals surface area (Å²) in [4.78, 5) is 0. The summed E-state index contributed by atoms with van der Waals surface area (Å²) in [6, 6.07) is 0. The van der Waals surface area contributed by atoms with E-state index < -0.39 is 0 Å². The van der Waals surface area contributed by atoms with Crippen LogP contribution in [0.1, 0.15) is 34.1 Å². The topological polar surface area (TPSA) is 0 Å². The van der Waals surface area contributed by atoms with Crippen molar-refractivity contribution in [2.75, 3.05) is 0 Å². The third kappa shape index (κ3) is 4.99. The Kier molecular flexibility index (Phi) is 3.10. The molecule has 1 atom stereocenters. The average molecular weight is 158 g/mol. The Bertz CT molecular complexity index is 117. The second-order valence-electron chi connectivity index (χ2n) is 4.36. The van der Waals surface area contributed by atoms with Crippen LogP contribution < -0.4 is 0 Å². The minimum Gasteiger partial charge on any atom is -0.132 e. The van der Waals surface area contributed by atoms with E-state index in [0.29, 0.717) is 5.16 Å². The lowest BCUT2D eigenvalue weighted by Gasteiger charge is -2.29. The highest BCUT2D eigenvalue weighted by Crippen LogP contribution is 2.33. The maximum Gasteiger partial charge on any atom is -0.0169 e. The molecule has 0 aromatic carbocycles. The Balaban J connectivity index is 4.01. The Hall–Kier alpha value is 0.170. The molecular weight excluding hydrogens is 139 g/mol. The van der Waals surface area contributed by atoms with Crippen LogP contribution in [0.25, 0.3) is 0 Å². The van der Waals surface area contributed by atoms with E-state index in [4.69, 9.17) is 0 Å². The minimum absolute atomic E-state index is 0.269. The number of rotatable bonds is 3. The van der Waals surface area contributed by atoms with Gasteiger partial charge in [0.2, 0.25) is 0 Å². The van der Waals surface area contributed by atoms with Gasteiger partial charge in [-0.25, -0.2) is 0 Å². The van der Waals surface area contributed by atoms with Crippen LogP contribution in [0.15, 0.2) is 12.7 Å². The van der Waals surface area contributed by atoms with E-state index in [1.54, 1.807) is 0 Å². The van der Waals surface area contributed by atoms with Crippen LogP contribution in [0.5, 0.6) is 0 Å². The summed E-state index contributed by atoms with van der Waals surface area (Å²) in [6.45, 7) is 12.7. The van der Waals surface area contributed by atoms with Gasteiger partial charge in [-0.05, 0) is 17.0 Å². The highest BCUT2D eigenvalue weighted by atomic mass is 31.0. The summed E-state index contributed by atoms with van der Waals surface area (Å²) in [5.41, 5.74) is 0.269. The van der Waals surface area contributed by atoms with Crippen LogP contribution in [0, 0.1) is 5.41 Å². The van der Waals surface area contributed by atoms with E-state index in [1.807, 2.05) is 6.08 Å². The molecule has 0 radical (unpaired) electrons. The van der Waals surface area contributed by atoms with Crippen molar-refractivity contribution in [3.8, 4) is 0 Å². The summed E-state index contributed by atoms with van der Waals surface area (Å²) < 4.78 is 0. The van der Waals surface area contributed by atoms with Gasteiger partial charge in [0.1, 0.15) is 0 Å². The Morgan fingerprint density at radius 2 is 1.70 bits per heavy atom. The molecule has 60 valence electrons. The average Bonchev–Trinajstić information content (AvgIpc) is 1.60. The lowest BCUT2D eigenvalue weighted by Crippen LogP contribution is -2.20. The van der Waals surface area contributed by atoms with Gasteiger partial charge in [0.15, 0.2) is 0 Å². The van der Waals surface area contributed by atoms with Crippen molar-refractivity contribution in [1.29, 1.82) is 0 Å². The molecule has 1 unspecified atom stereocenters. The fraction of sp³-hybridized carbons (Fsp3) is 0.778. The van der Waals surface area contributed by atoms with Gasteiger partial charge in [0.05, 0.1) is 0 Å². The van der Waals surface area contributed by atoms with E-state index >= 15 is 0 Å². The van der Waals surface area contributed by atoms with Crippen LogP contribution in [0.2, 0.25) is 0 Å². The van der Waals surface area contributed by atoms with Crippen molar-refractivity contribution in [3.05, 3.63) is 12.7 Å². The van der Waals surface area contributed by atoms with Crippen molar-refractivity contribution in [3.63, 3.8) is 0 Å². The first-order valence-corrected chi connectivity index (χ1v) is 4.27. The predicted octanol–water partition coefficient (Wildman–Crippen LogP) is 3.24. The number of hydrogen-bond acceptors (Lipinski definition) is 0. The lowest BCUT2D eigenvalue weighted by molar-refractivity contribution is 0.389. The molecule has 0 fully saturated rings. The predicted molar refractivity (Wildman–Crippen MR) is 52.4 cm³/mol. The fourth-order valence-corrected chi connectivity index (χ4v) is 1.77. The summed E-state index contributed by atoms with van der Waals surface area (Å²) in [5.74, 6) is 0. The van der Waals surface area contributed by atoms with Crippen LogP contribution in [-0.4, -0.2) is 5.16 Å². The molecule has 0 heterocycles. The first-order valence-electron chi connectivity index (χ1n) is 3.69. The summed E-state index contributed by atoms with van der Waals surface area (Å²) in [6.07, 6.45) is 3.19. The van der Waals surface area contributed by atoms with E-state index in [2.05, 4.69) is 43.5 Å². The number of hydrogen-bond donors (Lipinski definition) is 0. The standard InChI is InChI=1S/C9H19P/c1-6-8(2,3)7-9(4,5)10/h6H,1,7,10H2,2-5H3. The molecule has 0 amide bonds. The molecule has 0 N–H and O–H groups in total. The van der Waals surface area contributed by atoms with Crippen molar-refractivity contribution in [2.24, 2.45) is 5.41 Å². The first kappa shape index (κ1) is 10.2. The summed E-state index contributed by atoms with van der Waals surface area (Å²) >= 11 is 0. The molecule has 1 heteroatoms. The quantitative estimate of drug-likeness (QED) is 0.437. The third-order valence-electron chi connectivity index (χ3n) is 1.46. The zero-order valence-corrected chi connectivity index (χ0v) is 8.72.